The third-order valence-corrected chi connectivity index (χ3v) is 6.61. The van der Waals surface area contributed by atoms with Crippen molar-refractivity contribution in [1.29, 1.82) is 0 Å². The number of hydrogen-bond donors (Lipinski definition) is 2. The largest absolute Gasteiger partial charge is 0.417 e. The van der Waals surface area contributed by atoms with E-state index < -0.39 is 34.9 Å². The van der Waals surface area contributed by atoms with Gasteiger partial charge in [0.05, 0.1) is 17.7 Å². The summed E-state index contributed by atoms with van der Waals surface area (Å²) in [6, 6.07) is 14.7. The van der Waals surface area contributed by atoms with Crippen molar-refractivity contribution in [2.24, 2.45) is 0 Å². The summed E-state index contributed by atoms with van der Waals surface area (Å²) in [5, 5.41) is 4.46. The number of alkyl halides is 3. The molecule has 3 amide bonds. The SMILES string of the molecule is O=C(NCC(=O)N1CCN(C(=O)c2cc(F)ccc2C(F)(F)F)CC1)c1ccc2[nH]c3ccccc3c2c1. The first-order valence-electron chi connectivity index (χ1n) is 11.8. The molecule has 1 aliphatic heterocycles. The Morgan fingerprint density at radius 2 is 1.53 bits per heavy atom. The molecular formula is C27H22F4N4O3. The van der Waals surface area contributed by atoms with Crippen LogP contribution in [-0.4, -0.2) is 65.2 Å². The fourth-order valence-electron chi connectivity index (χ4n) is 4.63. The van der Waals surface area contributed by atoms with E-state index in [2.05, 4.69) is 10.3 Å². The van der Waals surface area contributed by atoms with Crippen LogP contribution in [0.5, 0.6) is 0 Å². The maximum Gasteiger partial charge on any atom is 0.417 e. The number of H-pyrrole nitrogens is 1. The van der Waals surface area contributed by atoms with Crippen LogP contribution in [0.15, 0.2) is 60.7 Å². The number of hydrogen-bond acceptors (Lipinski definition) is 3. The van der Waals surface area contributed by atoms with Gasteiger partial charge in [0.15, 0.2) is 0 Å². The van der Waals surface area contributed by atoms with E-state index in [1.54, 1.807) is 18.2 Å². The Labute approximate surface area is 214 Å². The predicted molar refractivity (Wildman–Crippen MR) is 132 cm³/mol. The number of aromatic nitrogens is 1. The van der Waals surface area contributed by atoms with E-state index in [1.807, 2.05) is 24.3 Å². The fraction of sp³-hybridized carbons (Fsp3) is 0.222. The van der Waals surface area contributed by atoms with Crippen molar-refractivity contribution in [3.05, 3.63) is 83.2 Å². The van der Waals surface area contributed by atoms with Gasteiger partial charge in [0.2, 0.25) is 5.91 Å². The van der Waals surface area contributed by atoms with Crippen molar-refractivity contribution in [2.45, 2.75) is 6.18 Å². The number of carbonyl (C=O) groups excluding carboxylic acids is 3. The van der Waals surface area contributed by atoms with Gasteiger partial charge in [0, 0.05) is 53.5 Å². The molecule has 0 atom stereocenters. The van der Waals surface area contributed by atoms with Gasteiger partial charge < -0.3 is 20.1 Å². The highest BCUT2D eigenvalue weighted by molar-refractivity contribution is 6.10. The summed E-state index contributed by atoms with van der Waals surface area (Å²) in [4.78, 5) is 43.9. The maximum absolute atomic E-state index is 13.6. The number of benzene rings is 3. The van der Waals surface area contributed by atoms with Crippen molar-refractivity contribution in [3.63, 3.8) is 0 Å². The van der Waals surface area contributed by atoms with Crippen LogP contribution in [0.4, 0.5) is 17.6 Å². The Balaban J connectivity index is 1.19. The zero-order valence-electron chi connectivity index (χ0n) is 19.9. The monoisotopic (exact) mass is 526 g/mol. The zero-order chi connectivity index (χ0) is 27.0. The molecule has 3 aromatic carbocycles. The van der Waals surface area contributed by atoms with Gasteiger partial charge in [-0.15, -0.1) is 0 Å². The molecule has 11 heteroatoms. The Hall–Kier alpha value is -4.41. The minimum Gasteiger partial charge on any atom is -0.355 e. The number of amides is 3. The third-order valence-electron chi connectivity index (χ3n) is 6.61. The van der Waals surface area contributed by atoms with E-state index in [-0.39, 0.29) is 38.6 Å². The normalized spacial score (nSPS) is 14.2. The number of nitrogens with zero attached hydrogens (tertiary/aromatic N) is 2. The van der Waals surface area contributed by atoms with Gasteiger partial charge in [-0.05, 0) is 42.5 Å². The van der Waals surface area contributed by atoms with Gasteiger partial charge in [-0.25, -0.2) is 4.39 Å². The van der Waals surface area contributed by atoms with E-state index in [0.29, 0.717) is 23.8 Å². The van der Waals surface area contributed by atoms with Crippen molar-refractivity contribution < 1.29 is 31.9 Å². The van der Waals surface area contributed by atoms with Gasteiger partial charge in [-0.2, -0.15) is 13.2 Å². The molecule has 2 N–H and O–H groups in total. The topological polar surface area (TPSA) is 85.5 Å². The number of para-hydroxylation sites is 1. The standard InChI is InChI=1S/C27H22F4N4O3/c28-17-6-7-21(27(29,30)31)20(14-17)26(38)35-11-9-34(10-12-35)24(36)15-32-25(37)16-5-8-23-19(13-16)18-3-1-2-4-22(18)33-23/h1-8,13-14,33H,9-12,15H2,(H,32,37). The number of fused-ring (bicyclic) bond motifs is 3. The van der Waals surface area contributed by atoms with Crippen molar-refractivity contribution in [2.75, 3.05) is 32.7 Å². The lowest BCUT2D eigenvalue weighted by Crippen LogP contribution is -2.52. The molecule has 1 aliphatic rings. The van der Waals surface area contributed by atoms with Crippen molar-refractivity contribution in [3.8, 4) is 0 Å². The highest BCUT2D eigenvalue weighted by atomic mass is 19.4. The van der Waals surface area contributed by atoms with Crippen LogP contribution in [-0.2, 0) is 11.0 Å². The molecular weight excluding hydrogens is 504 g/mol. The second-order valence-electron chi connectivity index (χ2n) is 8.97. The lowest BCUT2D eigenvalue weighted by atomic mass is 10.0. The molecule has 38 heavy (non-hydrogen) atoms. The first-order valence-corrected chi connectivity index (χ1v) is 11.8. The molecule has 0 spiro atoms. The highest BCUT2D eigenvalue weighted by Gasteiger charge is 2.37. The molecule has 7 nitrogen and oxygen atoms in total. The molecule has 0 unspecified atom stereocenters. The molecule has 2 heterocycles. The minimum atomic E-state index is -4.81. The van der Waals surface area contributed by atoms with Crippen LogP contribution in [0.3, 0.4) is 0 Å². The Bertz CT molecular complexity index is 1560. The molecule has 5 rings (SSSR count). The van der Waals surface area contributed by atoms with Crippen LogP contribution in [0.2, 0.25) is 0 Å². The van der Waals surface area contributed by atoms with Crippen LogP contribution < -0.4 is 5.32 Å². The second-order valence-corrected chi connectivity index (χ2v) is 8.97. The Kier molecular flexibility index (Phi) is 6.52. The molecule has 1 fully saturated rings. The summed E-state index contributed by atoms with van der Waals surface area (Å²) >= 11 is 0. The summed E-state index contributed by atoms with van der Waals surface area (Å²) in [6.45, 7) is -0.190. The average molecular weight is 526 g/mol. The summed E-state index contributed by atoms with van der Waals surface area (Å²) in [5.74, 6) is -2.72. The first kappa shape index (κ1) is 25.2. The van der Waals surface area contributed by atoms with Gasteiger partial charge in [-0.1, -0.05) is 18.2 Å². The summed E-state index contributed by atoms with van der Waals surface area (Å²) in [5.41, 5.74) is 0.236. The average Bonchev–Trinajstić information content (AvgIpc) is 3.28. The van der Waals surface area contributed by atoms with Crippen LogP contribution >= 0.6 is 0 Å². The highest BCUT2D eigenvalue weighted by Crippen LogP contribution is 2.33. The number of halogens is 4. The van der Waals surface area contributed by atoms with Crippen LogP contribution in [0, 0.1) is 5.82 Å². The van der Waals surface area contributed by atoms with E-state index in [9.17, 15) is 31.9 Å². The molecule has 0 aliphatic carbocycles. The molecule has 196 valence electrons. The van der Waals surface area contributed by atoms with Gasteiger partial charge in [0.1, 0.15) is 5.82 Å². The molecule has 0 bridgehead atoms. The Morgan fingerprint density at radius 1 is 0.842 bits per heavy atom. The van der Waals surface area contributed by atoms with E-state index in [0.717, 1.165) is 26.7 Å². The lowest BCUT2D eigenvalue weighted by molar-refractivity contribution is -0.138. The van der Waals surface area contributed by atoms with Gasteiger partial charge >= 0.3 is 6.18 Å². The number of nitrogens with one attached hydrogen (secondary N) is 2. The second kappa shape index (κ2) is 9.81. The smallest absolute Gasteiger partial charge is 0.355 e. The number of piperazine rings is 1. The Morgan fingerprint density at radius 3 is 2.26 bits per heavy atom. The molecule has 0 saturated carbocycles. The van der Waals surface area contributed by atoms with Crippen LogP contribution in [0.25, 0.3) is 21.8 Å². The summed E-state index contributed by atoms with van der Waals surface area (Å²) < 4.78 is 53.5. The molecule has 1 aromatic heterocycles. The number of carbonyl (C=O) groups is 3. The predicted octanol–water partition coefficient (Wildman–Crippen LogP) is 4.19. The van der Waals surface area contributed by atoms with E-state index in [1.165, 1.54) is 4.90 Å². The quantitative estimate of drug-likeness (QED) is 0.391. The number of aromatic amines is 1. The minimum absolute atomic E-state index is 0.0242. The fourth-order valence-corrected chi connectivity index (χ4v) is 4.63. The van der Waals surface area contributed by atoms with Crippen molar-refractivity contribution in [1.82, 2.24) is 20.1 Å². The van der Waals surface area contributed by atoms with E-state index in [4.69, 9.17) is 0 Å². The summed E-state index contributed by atoms with van der Waals surface area (Å²) in [6.07, 6.45) is -4.81. The van der Waals surface area contributed by atoms with Gasteiger partial charge in [-0.3, -0.25) is 14.4 Å². The molecule has 4 aromatic rings. The third kappa shape index (κ3) is 4.91. The summed E-state index contributed by atoms with van der Waals surface area (Å²) in [7, 11) is 0. The van der Waals surface area contributed by atoms with E-state index >= 15 is 0 Å². The first-order chi connectivity index (χ1) is 18.1. The lowest BCUT2D eigenvalue weighted by Gasteiger charge is -2.35. The zero-order valence-corrected chi connectivity index (χ0v) is 19.9. The van der Waals surface area contributed by atoms with Crippen molar-refractivity contribution >= 4 is 39.5 Å². The number of rotatable bonds is 4. The molecule has 1 saturated heterocycles. The molecule has 0 radical (unpaired) electrons. The maximum atomic E-state index is 13.6. The van der Waals surface area contributed by atoms with Gasteiger partial charge in [0.25, 0.3) is 11.8 Å². The van der Waals surface area contributed by atoms with Crippen LogP contribution in [0.1, 0.15) is 26.3 Å².